The minimum atomic E-state index is -1.11. The zero-order valence-corrected chi connectivity index (χ0v) is 14.7. The maximum atomic E-state index is 12.1. The third kappa shape index (κ3) is 4.59. The summed E-state index contributed by atoms with van der Waals surface area (Å²) in [5, 5.41) is 12.1. The molecule has 22 heavy (non-hydrogen) atoms. The van der Waals surface area contributed by atoms with E-state index in [0.29, 0.717) is 15.6 Å². The van der Waals surface area contributed by atoms with Gasteiger partial charge in [0.2, 0.25) is 5.91 Å². The van der Waals surface area contributed by atoms with Crippen LogP contribution < -0.4 is 11.1 Å². The van der Waals surface area contributed by atoms with Crippen LogP contribution in [0, 0.1) is 0 Å². The van der Waals surface area contributed by atoms with E-state index in [1.165, 1.54) is 12.1 Å². The molecule has 1 rings (SSSR count). The number of carboxylic acid groups (broad SMARTS) is 1. The van der Waals surface area contributed by atoms with Crippen LogP contribution in [0.5, 0.6) is 0 Å². The second kappa shape index (κ2) is 6.96. The van der Waals surface area contributed by atoms with Crippen LogP contribution >= 0.6 is 15.9 Å². The van der Waals surface area contributed by atoms with E-state index in [0.717, 1.165) is 6.42 Å². The number of anilines is 1. The highest BCUT2D eigenvalue weighted by Gasteiger charge is 2.18. The molecule has 0 spiro atoms. The van der Waals surface area contributed by atoms with Crippen LogP contribution in [0.1, 0.15) is 50.0 Å². The fraction of sp³-hybridized carbons (Fsp3) is 0.375. The number of carboxylic acids is 1. The minimum absolute atomic E-state index is 0.00595. The summed E-state index contributed by atoms with van der Waals surface area (Å²) in [6.07, 6.45) is 2.23. The Hall–Kier alpha value is -1.82. The number of carbonyl (C=O) groups is 2. The maximum absolute atomic E-state index is 12.1. The maximum Gasteiger partial charge on any atom is 0.337 e. The number of aromatic carboxylic acids is 1. The highest BCUT2D eigenvalue weighted by molar-refractivity contribution is 9.10. The van der Waals surface area contributed by atoms with Crippen LogP contribution in [-0.4, -0.2) is 22.5 Å². The van der Waals surface area contributed by atoms with E-state index in [2.05, 4.69) is 21.2 Å². The number of hydrogen-bond donors (Lipinski definition) is 3. The highest BCUT2D eigenvalue weighted by Crippen LogP contribution is 2.29. The quantitative estimate of drug-likeness (QED) is 0.548. The molecule has 0 fully saturated rings. The van der Waals surface area contributed by atoms with Gasteiger partial charge in [0.05, 0.1) is 11.3 Å². The van der Waals surface area contributed by atoms with Crippen molar-refractivity contribution < 1.29 is 14.7 Å². The summed E-state index contributed by atoms with van der Waals surface area (Å²) in [4.78, 5) is 23.3. The second-order valence-electron chi connectivity index (χ2n) is 5.77. The molecule has 0 radical (unpaired) electrons. The summed E-state index contributed by atoms with van der Waals surface area (Å²) in [6.45, 7) is 7.58. The summed E-state index contributed by atoms with van der Waals surface area (Å²) < 4.78 is 0.594. The molecule has 0 aliphatic heterocycles. The Morgan fingerprint density at radius 2 is 1.91 bits per heavy atom. The first-order valence-electron chi connectivity index (χ1n) is 6.90. The number of carbonyl (C=O) groups excluding carboxylic acids is 1. The number of halogens is 1. The van der Waals surface area contributed by atoms with Crippen molar-refractivity contribution in [2.24, 2.45) is 0 Å². The molecule has 5 nitrogen and oxygen atoms in total. The molecule has 4 N–H and O–H groups in total. The Morgan fingerprint density at radius 3 is 2.41 bits per heavy atom. The molecule has 0 aliphatic rings. The Balaban J connectivity index is 3.18. The Bertz CT molecular complexity index is 637. The van der Waals surface area contributed by atoms with E-state index in [1.54, 1.807) is 13.0 Å². The lowest BCUT2D eigenvalue weighted by molar-refractivity contribution is -0.118. The molecule has 0 heterocycles. The van der Waals surface area contributed by atoms with Gasteiger partial charge in [-0.1, -0.05) is 22.9 Å². The van der Waals surface area contributed by atoms with E-state index in [9.17, 15) is 9.59 Å². The molecule has 1 amide bonds. The smallest absolute Gasteiger partial charge is 0.337 e. The van der Waals surface area contributed by atoms with E-state index < -0.39 is 5.97 Å². The number of benzene rings is 1. The van der Waals surface area contributed by atoms with Crippen LogP contribution in [0.25, 0.3) is 5.57 Å². The largest absolute Gasteiger partial charge is 0.478 e. The lowest BCUT2D eigenvalue weighted by Gasteiger charge is -2.23. The van der Waals surface area contributed by atoms with Gasteiger partial charge in [-0.25, -0.2) is 4.79 Å². The molecule has 0 aliphatic carbocycles. The number of allylic oxidation sites excluding steroid dienone is 1. The molecule has 1 aromatic rings. The summed E-state index contributed by atoms with van der Waals surface area (Å²) in [5.41, 5.74) is 6.88. The molecule has 1 aromatic carbocycles. The van der Waals surface area contributed by atoms with Crippen molar-refractivity contribution >= 4 is 39.1 Å². The topological polar surface area (TPSA) is 92.4 Å². The molecular formula is C16H21BrN2O3. The van der Waals surface area contributed by atoms with Gasteiger partial charge >= 0.3 is 5.97 Å². The van der Waals surface area contributed by atoms with Crippen molar-refractivity contribution in [3.8, 4) is 0 Å². The van der Waals surface area contributed by atoms with Gasteiger partial charge in [-0.2, -0.15) is 0 Å². The number of nitrogens with two attached hydrogens (primary N) is 1. The monoisotopic (exact) mass is 368 g/mol. The normalized spacial score (nSPS) is 12.1. The Morgan fingerprint density at radius 1 is 1.36 bits per heavy atom. The molecule has 0 aromatic heterocycles. The van der Waals surface area contributed by atoms with Gasteiger partial charge in [0.1, 0.15) is 0 Å². The van der Waals surface area contributed by atoms with Gasteiger partial charge in [0.25, 0.3) is 0 Å². The standard InChI is InChI=1S/C16H21BrN2O3/c1-5-16(3,4)19-13(20)6-9(2)11-7-10(17)8-12(14(11)18)15(21)22/h6-8H,5,18H2,1-4H3,(H,19,20)(H,21,22). The summed E-state index contributed by atoms with van der Waals surface area (Å²) >= 11 is 3.26. The van der Waals surface area contributed by atoms with Crippen molar-refractivity contribution in [3.05, 3.63) is 33.8 Å². The van der Waals surface area contributed by atoms with Crippen molar-refractivity contribution in [1.82, 2.24) is 5.32 Å². The lowest BCUT2D eigenvalue weighted by Crippen LogP contribution is -2.42. The third-order valence-electron chi connectivity index (χ3n) is 3.49. The predicted molar refractivity (Wildman–Crippen MR) is 91.7 cm³/mol. The van der Waals surface area contributed by atoms with Crippen LogP contribution in [0.15, 0.2) is 22.7 Å². The fourth-order valence-corrected chi connectivity index (χ4v) is 2.31. The van der Waals surface area contributed by atoms with Crippen LogP contribution in [0.2, 0.25) is 0 Å². The number of nitrogens with one attached hydrogen (secondary N) is 1. The Kier molecular flexibility index (Phi) is 5.77. The molecule has 0 saturated heterocycles. The SMILES string of the molecule is CCC(C)(C)NC(=O)C=C(C)c1cc(Br)cc(C(=O)O)c1N. The summed E-state index contributed by atoms with van der Waals surface area (Å²) in [6, 6.07) is 3.14. The highest BCUT2D eigenvalue weighted by atomic mass is 79.9. The van der Waals surface area contributed by atoms with Crippen LogP contribution in [0.4, 0.5) is 5.69 Å². The van der Waals surface area contributed by atoms with E-state index in [4.69, 9.17) is 10.8 Å². The average Bonchev–Trinajstić information content (AvgIpc) is 2.39. The molecule has 0 atom stereocenters. The average molecular weight is 369 g/mol. The van der Waals surface area contributed by atoms with Gasteiger partial charge in [-0.3, -0.25) is 4.79 Å². The van der Waals surface area contributed by atoms with Crippen molar-refractivity contribution in [2.75, 3.05) is 5.73 Å². The summed E-state index contributed by atoms with van der Waals surface area (Å²) in [5.74, 6) is -1.34. The van der Waals surface area contributed by atoms with Gasteiger partial charge in [0, 0.05) is 21.7 Å². The first kappa shape index (κ1) is 18.2. The lowest BCUT2D eigenvalue weighted by atomic mass is 9.99. The first-order valence-corrected chi connectivity index (χ1v) is 7.70. The van der Waals surface area contributed by atoms with Gasteiger partial charge in [0.15, 0.2) is 0 Å². The van der Waals surface area contributed by atoms with Gasteiger partial charge in [-0.05, 0) is 44.9 Å². The zero-order chi connectivity index (χ0) is 17.1. The number of amides is 1. The first-order chi connectivity index (χ1) is 10.1. The predicted octanol–water partition coefficient (Wildman–Crippen LogP) is 3.44. The van der Waals surface area contributed by atoms with Crippen molar-refractivity contribution in [2.45, 2.75) is 39.7 Å². The van der Waals surface area contributed by atoms with E-state index in [-0.39, 0.29) is 22.7 Å². The molecule has 0 bridgehead atoms. The number of rotatable bonds is 5. The number of hydrogen-bond acceptors (Lipinski definition) is 3. The van der Waals surface area contributed by atoms with Gasteiger partial charge in [-0.15, -0.1) is 0 Å². The van der Waals surface area contributed by atoms with E-state index in [1.807, 2.05) is 20.8 Å². The Labute approximate surface area is 138 Å². The van der Waals surface area contributed by atoms with Crippen LogP contribution in [-0.2, 0) is 4.79 Å². The molecule has 0 unspecified atom stereocenters. The van der Waals surface area contributed by atoms with Crippen LogP contribution in [0.3, 0.4) is 0 Å². The van der Waals surface area contributed by atoms with Gasteiger partial charge < -0.3 is 16.2 Å². The van der Waals surface area contributed by atoms with Crippen molar-refractivity contribution in [1.29, 1.82) is 0 Å². The summed E-state index contributed by atoms with van der Waals surface area (Å²) in [7, 11) is 0. The van der Waals surface area contributed by atoms with Crippen molar-refractivity contribution in [3.63, 3.8) is 0 Å². The number of nitrogen functional groups attached to an aromatic ring is 1. The third-order valence-corrected chi connectivity index (χ3v) is 3.95. The fourth-order valence-electron chi connectivity index (χ4n) is 1.85. The zero-order valence-electron chi connectivity index (χ0n) is 13.2. The molecule has 120 valence electrons. The second-order valence-corrected chi connectivity index (χ2v) is 6.69. The molecular weight excluding hydrogens is 348 g/mol. The molecule has 6 heteroatoms. The minimum Gasteiger partial charge on any atom is -0.478 e. The van der Waals surface area contributed by atoms with E-state index >= 15 is 0 Å². The molecule has 0 saturated carbocycles.